The minimum absolute atomic E-state index is 0.181. The van der Waals surface area contributed by atoms with E-state index in [1.165, 1.54) is 16.9 Å². The van der Waals surface area contributed by atoms with Crippen LogP contribution in [0, 0.1) is 13.8 Å². The van der Waals surface area contributed by atoms with Crippen molar-refractivity contribution >= 4 is 34.5 Å². The summed E-state index contributed by atoms with van der Waals surface area (Å²) < 4.78 is 11.0. The molecule has 3 aromatic rings. The minimum Gasteiger partial charge on any atom is -0.495 e. The maximum atomic E-state index is 12.4. The number of ether oxygens (including phenoxy) is 2. The number of hydrogen-bond acceptors (Lipinski definition) is 4. The summed E-state index contributed by atoms with van der Waals surface area (Å²) in [6, 6.07) is 13.1. The monoisotopic (exact) mass is 401 g/mol. The number of carbonyl (C=O) groups is 1. The summed E-state index contributed by atoms with van der Waals surface area (Å²) >= 11 is 7.48. The summed E-state index contributed by atoms with van der Waals surface area (Å²) in [6.45, 7) is 4.49. The van der Waals surface area contributed by atoms with Gasteiger partial charge in [0, 0.05) is 11.3 Å². The van der Waals surface area contributed by atoms with Crippen LogP contribution in [-0.2, 0) is 6.61 Å². The second-order valence-electron chi connectivity index (χ2n) is 6.18. The van der Waals surface area contributed by atoms with Crippen LogP contribution < -0.4 is 14.8 Å². The van der Waals surface area contributed by atoms with Gasteiger partial charge in [0.25, 0.3) is 5.91 Å². The molecule has 6 heteroatoms. The zero-order valence-electron chi connectivity index (χ0n) is 15.3. The normalized spacial score (nSPS) is 10.5. The van der Waals surface area contributed by atoms with Crippen molar-refractivity contribution in [3.63, 3.8) is 0 Å². The molecule has 1 amide bonds. The van der Waals surface area contributed by atoms with Gasteiger partial charge in [0.05, 0.1) is 17.0 Å². The fraction of sp³-hybridized carbons (Fsp3) is 0.190. The Bertz CT molecular complexity index is 968. The van der Waals surface area contributed by atoms with Gasteiger partial charge in [0.1, 0.15) is 18.1 Å². The van der Waals surface area contributed by atoms with Crippen molar-refractivity contribution in [2.45, 2.75) is 20.5 Å². The van der Waals surface area contributed by atoms with Crippen LogP contribution in [0.2, 0.25) is 5.02 Å². The van der Waals surface area contributed by atoms with E-state index in [1.807, 2.05) is 30.5 Å². The number of hydrogen-bond donors (Lipinski definition) is 1. The van der Waals surface area contributed by atoms with Crippen molar-refractivity contribution in [1.29, 1.82) is 0 Å². The molecule has 0 aliphatic rings. The number of halogens is 1. The van der Waals surface area contributed by atoms with Crippen molar-refractivity contribution in [2.24, 2.45) is 0 Å². The first-order chi connectivity index (χ1) is 13.0. The van der Waals surface area contributed by atoms with Gasteiger partial charge in [-0.25, -0.2) is 0 Å². The van der Waals surface area contributed by atoms with E-state index in [0.717, 1.165) is 16.9 Å². The molecule has 0 bridgehead atoms. The van der Waals surface area contributed by atoms with Gasteiger partial charge in [0.2, 0.25) is 0 Å². The average Bonchev–Trinajstić information content (AvgIpc) is 3.10. The van der Waals surface area contributed by atoms with Crippen LogP contribution in [0.4, 0.5) is 5.69 Å². The number of thiophene rings is 1. The van der Waals surface area contributed by atoms with E-state index in [0.29, 0.717) is 27.9 Å². The molecule has 1 aromatic heterocycles. The number of anilines is 1. The average molecular weight is 402 g/mol. The fourth-order valence-electron chi connectivity index (χ4n) is 2.63. The third kappa shape index (κ3) is 4.81. The Kier molecular flexibility index (Phi) is 6.04. The molecule has 140 valence electrons. The number of carbonyl (C=O) groups excluding carboxylic acids is 1. The van der Waals surface area contributed by atoms with Crippen LogP contribution in [0.25, 0.3) is 0 Å². The van der Waals surface area contributed by atoms with Crippen LogP contribution in [0.5, 0.6) is 11.5 Å². The molecule has 1 heterocycles. The zero-order chi connectivity index (χ0) is 19.4. The molecule has 0 aliphatic carbocycles. The lowest BCUT2D eigenvalue weighted by molar-refractivity contribution is 0.103. The maximum absolute atomic E-state index is 12.4. The van der Waals surface area contributed by atoms with Crippen LogP contribution in [0.1, 0.15) is 26.4 Å². The van der Waals surface area contributed by atoms with E-state index in [9.17, 15) is 4.79 Å². The first kappa shape index (κ1) is 19.3. The van der Waals surface area contributed by atoms with E-state index in [2.05, 4.69) is 18.3 Å². The maximum Gasteiger partial charge on any atom is 0.265 e. The van der Waals surface area contributed by atoms with E-state index in [4.69, 9.17) is 21.1 Å². The Morgan fingerprint density at radius 2 is 1.89 bits per heavy atom. The molecule has 1 N–H and O–H groups in total. The highest BCUT2D eigenvalue weighted by Crippen LogP contribution is 2.28. The standard InChI is InChI=1S/C21H20ClNO3S/c1-13-4-6-18(14(2)8-13)26-11-15-9-20(27-12-15)21(24)23-16-5-7-19(25-3)17(22)10-16/h4-10,12H,11H2,1-3H3,(H,23,24). The predicted octanol–water partition coefficient (Wildman–Crippen LogP) is 5.86. The third-order valence-electron chi connectivity index (χ3n) is 4.01. The number of nitrogens with one attached hydrogen (secondary N) is 1. The molecule has 0 aliphatic heterocycles. The van der Waals surface area contributed by atoms with Gasteiger partial charge in [-0.1, -0.05) is 29.3 Å². The molecule has 0 atom stereocenters. The molecule has 4 nitrogen and oxygen atoms in total. The van der Waals surface area contributed by atoms with E-state index in [1.54, 1.807) is 25.3 Å². The summed E-state index contributed by atoms with van der Waals surface area (Å²) in [5.41, 5.74) is 3.87. The summed E-state index contributed by atoms with van der Waals surface area (Å²) in [7, 11) is 1.55. The minimum atomic E-state index is -0.181. The van der Waals surface area contributed by atoms with Crippen molar-refractivity contribution < 1.29 is 14.3 Å². The first-order valence-electron chi connectivity index (χ1n) is 8.38. The molecule has 27 heavy (non-hydrogen) atoms. The Hall–Kier alpha value is -2.50. The number of aryl methyl sites for hydroxylation is 2. The van der Waals surface area contributed by atoms with Gasteiger partial charge in [-0.15, -0.1) is 11.3 Å². The second-order valence-corrected chi connectivity index (χ2v) is 7.50. The zero-order valence-corrected chi connectivity index (χ0v) is 16.9. The molecular formula is C21H20ClNO3S. The van der Waals surface area contributed by atoms with E-state index in [-0.39, 0.29) is 5.91 Å². The molecule has 0 radical (unpaired) electrons. The Morgan fingerprint density at radius 3 is 2.59 bits per heavy atom. The van der Waals surface area contributed by atoms with Crippen LogP contribution in [0.3, 0.4) is 0 Å². The molecule has 0 saturated carbocycles. The van der Waals surface area contributed by atoms with Crippen LogP contribution >= 0.6 is 22.9 Å². The summed E-state index contributed by atoms with van der Waals surface area (Å²) in [5, 5.41) is 5.22. The molecule has 0 unspecified atom stereocenters. The van der Waals surface area contributed by atoms with Crippen LogP contribution in [0.15, 0.2) is 47.8 Å². The van der Waals surface area contributed by atoms with Crippen molar-refractivity contribution in [2.75, 3.05) is 12.4 Å². The number of benzene rings is 2. The van der Waals surface area contributed by atoms with Gasteiger partial charge in [-0.05, 0) is 55.1 Å². The summed E-state index contributed by atoms with van der Waals surface area (Å²) in [4.78, 5) is 13.1. The molecule has 3 rings (SSSR count). The molecule has 0 spiro atoms. The fourth-order valence-corrected chi connectivity index (χ4v) is 3.68. The second kappa shape index (κ2) is 8.46. The van der Waals surface area contributed by atoms with Crippen molar-refractivity contribution in [1.82, 2.24) is 0 Å². The first-order valence-corrected chi connectivity index (χ1v) is 9.64. The lowest BCUT2D eigenvalue weighted by atomic mass is 10.1. The van der Waals surface area contributed by atoms with E-state index >= 15 is 0 Å². The van der Waals surface area contributed by atoms with Crippen molar-refractivity contribution in [3.05, 3.63) is 74.4 Å². The number of methoxy groups -OCH3 is 1. The molecular weight excluding hydrogens is 382 g/mol. The molecule has 0 fully saturated rings. The van der Waals surface area contributed by atoms with Gasteiger partial charge in [-0.2, -0.15) is 0 Å². The Labute approximate surface area is 167 Å². The summed E-state index contributed by atoms with van der Waals surface area (Å²) in [5.74, 6) is 1.24. The lowest BCUT2D eigenvalue weighted by Gasteiger charge is -2.08. The van der Waals surface area contributed by atoms with Gasteiger partial charge in [-0.3, -0.25) is 4.79 Å². The van der Waals surface area contributed by atoms with Crippen LogP contribution in [-0.4, -0.2) is 13.0 Å². The third-order valence-corrected chi connectivity index (χ3v) is 5.29. The highest BCUT2D eigenvalue weighted by Gasteiger charge is 2.11. The van der Waals surface area contributed by atoms with Crippen molar-refractivity contribution in [3.8, 4) is 11.5 Å². The quantitative estimate of drug-likeness (QED) is 0.562. The lowest BCUT2D eigenvalue weighted by Crippen LogP contribution is -2.10. The smallest absolute Gasteiger partial charge is 0.265 e. The van der Waals surface area contributed by atoms with Gasteiger partial charge in [0.15, 0.2) is 0 Å². The van der Waals surface area contributed by atoms with Gasteiger partial charge < -0.3 is 14.8 Å². The highest BCUT2D eigenvalue weighted by atomic mass is 35.5. The largest absolute Gasteiger partial charge is 0.495 e. The molecule has 0 saturated heterocycles. The Morgan fingerprint density at radius 1 is 1.11 bits per heavy atom. The topological polar surface area (TPSA) is 47.6 Å². The SMILES string of the molecule is COc1ccc(NC(=O)c2cc(COc3ccc(C)cc3C)cs2)cc1Cl. The van der Waals surface area contributed by atoms with E-state index < -0.39 is 0 Å². The summed E-state index contributed by atoms with van der Waals surface area (Å²) in [6.07, 6.45) is 0. The molecule has 2 aromatic carbocycles. The predicted molar refractivity (Wildman–Crippen MR) is 111 cm³/mol. The highest BCUT2D eigenvalue weighted by molar-refractivity contribution is 7.12. The number of amides is 1. The number of rotatable bonds is 6. The van der Waals surface area contributed by atoms with Gasteiger partial charge >= 0.3 is 0 Å². The Balaban J connectivity index is 1.62.